The van der Waals surface area contributed by atoms with Crippen LogP contribution in [0.2, 0.25) is 0 Å². The van der Waals surface area contributed by atoms with Gasteiger partial charge in [0.1, 0.15) is 11.3 Å². The molecule has 1 N–H and O–H groups in total. The molecular formula is C23H21N3O6. The normalized spacial score (nSPS) is 13.8. The number of hydrogen-bond acceptors (Lipinski definition) is 7. The van der Waals surface area contributed by atoms with Crippen molar-refractivity contribution in [2.75, 3.05) is 37.7 Å². The fourth-order valence-electron chi connectivity index (χ4n) is 3.72. The quantitative estimate of drug-likeness (QED) is 0.372. The third-order valence-corrected chi connectivity index (χ3v) is 5.51. The Kier molecular flexibility index (Phi) is 5.89. The second kappa shape index (κ2) is 8.93. The number of amides is 1. The molecule has 1 amide bonds. The lowest BCUT2D eigenvalue weighted by Gasteiger charge is -2.36. The van der Waals surface area contributed by atoms with Gasteiger partial charge in [0, 0.05) is 49.4 Å². The lowest BCUT2D eigenvalue weighted by Crippen LogP contribution is -2.49. The van der Waals surface area contributed by atoms with E-state index in [1.807, 2.05) is 17.0 Å². The van der Waals surface area contributed by atoms with E-state index in [0.717, 1.165) is 11.1 Å². The van der Waals surface area contributed by atoms with Crippen LogP contribution in [0.3, 0.4) is 0 Å². The largest absolute Gasteiger partial charge is 0.506 e. The minimum Gasteiger partial charge on any atom is -0.506 e. The molecule has 1 saturated heterocycles. The first kappa shape index (κ1) is 21.1. The number of carbonyl (C=O) groups excluding carboxylic acids is 2. The lowest BCUT2D eigenvalue weighted by atomic mass is 10.1. The third-order valence-electron chi connectivity index (χ3n) is 5.51. The summed E-state index contributed by atoms with van der Waals surface area (Å²) in [7, 11) is 0. The number of aromatic hydroxyl groups is 1. The summed E-state index contributed by atoms with van der Waals surface area (Å²) in [5.74, 6) is -1.25. The highest BCUT2D eigenvalue weighted by molar-refractivity contribution is 6.01. The molecule has 4 rings (SSSR count). The molecule has 9 nitrogen and oxygen atoms in total. The first-order valence-electron chi connectivity index (χ1n) is 10.1. The molecule has 0 atom stereocenters. The second-order valence-corrected chi connectivity index (χ2v) is 7.40. The van der Waals surface area contributed by atoms with Gasteiger partial charge >= 0.3 is 5.97 Å². The monoisotopic (exact) mass is 435 g/mol. The van der Waals surface area contributed by atoms with Crippen LogP contribution in [-0.2, 0) is 9.53 Å². The van der Waals surface area contributed by atoms with E-state index in [-0.39, 0.29) is 22.9 Å². The number of ether oxygens (including phenoxy) is 1. The average molecular weight is 435 g/mol. The van der Waals surface area contributed by atoms with Gasteiger partial charge in [-0.2, -0.15) is 0 Å². The molecule has 164 valence electrons. The number of rotatable bonds is 5. The van der Waals surface area contributed by atoms with Crippen molar-refractivity contribution in [3.8, 4) is 5.75 Å². The molecule has 3 aromatic carbocycles. The van der Waals surface area contributed by atoms with Crippen LogP contribution in [-0.4, -0.2) is 59.6 Å². The van der Waals surface area contributed by atoms with Crippen molar-refractivity contribution in [2.24, 2.45) is 0 Å². The highest BCUT2D eigenvalue weighted by Crippen LogP contribution is 2.29. The fourth-order valence-corrected chi connectivity index (χ4v) is 3.72. The number of esters is 1. The number of phenolic OH excluding ortho intramolecular Hbond substituents is 1. The number of carbonyl (C=O) groups is 2. The molecule has 1 aliphatic heterocycles. The number of phenols is 1. The van der Waals surface area contributed by atoms with Crippen molar-refractivity contribution < 1.29 is 24.4 Å². The summed E-state index contributed by atoms with van der Waals surface area (Å²) < 4.78 is 5.15. The van der Waals surface area contributed by atoms with Gasteiger partial charge in [-0.15, -0.1) is 0 Å². The standard InChI is InChI=1S/C23H21N3O6/c27-21(15-32-23(29)20-10-5-16-3-1-2-4-19(16)22(20)28)25-13-11-24(12-14-25)17-6-8-18(9-7-17)26(30)31/h1-10,28H,11-15H2. The van der Waals surface area contributed by atoms with E-state index in [1.165, 1.54) is 18.2 Å². The molecule has 32 heavy (non-hydrogen) atoms. The van der Waals surface area contributed by atoms with Crippen molar-refractivity contribution >= 4 is 34.0 Å². The Balaban J connectivity index is 1.31. The molecule has 0 aromatic heterocycles. The maximum absolute atomic E-state index is 12.5. The van der Waals surface area contributed by atoms with Gasteiger partial charge in [-0.3, -0.25) is 14.9 Å². The van der Waals surface area contributed by atoms with E-state index in [4.69, 9.17) is 4.74 Å². The van der Waals surface area contributed by atoms with Gasteiger partial charge < -0.3 is 19.6 Å². The van der Waals surface area contributed by atoms with Gasteiger partial charge in [0.05, 0.1) is 4.92 Å². The molecule has 9 heteroatoms. The SMILES string of the molecule is O=C(OCC(=O)N1CCN(c2ccc([N+](=O)[O-])cc2)CC1)c1ccc2ccccc2c1O. The summed E-state index contributed by atoms with van der Waals surface area (Å²) in [4.78, 5) is 38.9. The number of nitrogens with zero attached hydrogens (tertiary/aromatic N) is 3. The zero-order valence-corrected chi connectivity index (χ0v) is 17.1. The third kappa shape index (κ3) is 4.31. The van der Waals surface area contributed by atoms with Crippen LogP contribution in [0, 0.1) is 10.1 Å². The zero-order chi connectivity index (χ0) is 22.7. The highest BCUT2D eigenvalue weighted by Gasteiger charge is 2.23. The molecular weight excluding hydrogens is 414 g/mol. The Morgan fingerprint density at radius 2 is 1.66 bits per heavy atom. The van der Waals surface area contributed by atoms with E-state index in [9.17, 15) is 24.8 Å². The summed E-state index contributed by atoms with van der Waals surface area (Å²) in [6.07, 6.45) is 0. The predicted molar refractivity (Wildman–Crippen MR) is 118 cm³/mol. The Hall–Kier alpha value is -4.14. The maximum atomic E-state index is 12.5. The number of hydrogen-bond donors (Lipinski definition) is 1. The molecule has 0 radical (unpaired) electrons. The summed E-state index contributed by atoms with van der Waals surface area (Å²) in [6, 6.07) is 16.6. The van der Waals surface area contributed by atoms with Crippen molar-refractivity contribution in [3.05, 3.63) is 76.3 Å². The predicted octanol–water partition coefficient (Wildman–Crippen LogP) is 2.96. The number of piperazine rings is 1. The average Bonchev–Trinajstić information content (AvgIpc) is 2.83. The lowest BCUT2D eigenvalue weighted by molar-refractivity contribution is -0.384. The van der Waals surface area contributed by atoms with Crippen LogP contribution >= 0.6 is 0 Å². The van der Waals surface area contributed by atoms with Crippen molar-refractivity contribution in [3.63, 3.8) is 0 Å². The molecule has 0 aliphatic carbocycles. The van der Waals surface area contributed by atoms with E-state index < -0.39 is 17.5 Å². The van der Waals surface area contributed by atoms with Gasteiger partial charge in [-0.05, 0) is 23.6 Å². The van der Waals surface area contributed by atoms with E-state index in [0.29, 0.717) is 31.6 Å². The first-order chi connectivity index (χ1) is 15.4. The fraction of sp³-hybridized carbons (Fsp3) is 0.217. The minimum absolute atomic E-state index is 0.0134. The number of nitro groups is 1. The molecule has 1 heterocycles. The molecule has 3 aromatic rings. The van der Waals surface area contributed by atoms with Crippen LogP contribution in [0.5, 0.6) is 5.75 Å². The molecule has 0 unspecified atom stereocenters. The van der Waals surface area contributed by atoms with Crippen molar-refractivity contribution in [1.29, 1.82) is 0 Å². The topological polar surface area (TPSA) is 113 Å². The molecule has 1 aliphatic rings. The van der Waals surface area contributed by atoms with Gasteiger partial charge in [0.25, 0.3) is 11.6 Å². The summed E-state index contributed by atoms with van der Waals surface area (Å²) in [5, 5.41) is 22.5. The van der Waals surface area contributed by atoms with Gasteiger partial charge in [-0.25, -0.2) is 4.79 Å². The Labute approximate surface area is 183 Å². The van der Waals surface area contributed by atoms with Crippen molar-refractivity contribution in [1.82, 2.24) is 4.90 Å². The number of benzene rings is 3. The van der Waals surface area contributed by atoms with Gasteiger partial charge in [0.2, 0.25) is 0 Å². The van der Waals surface area contributed by atoms with Crippen LogP contribution < -0.4 is 4.90 Å². The summed E-state index contributed by atoms with van der Waals surface area (Å²) in [5.41, 5.74) is 0.891. The zero-order valence-electron chi connectivity index (χ0n) is 17.1. The van der Waals surface area contributed by atoms with E-state index in [1.54, 1.807) is 35.2 Å². The Bertz CT molecular complexity index is 1170. The van der Waals surface area contributed by atoms with Crippen LogP contribution in [0.15, 0.2) is 60.7 Å². The minimum atomic E-state index is -0.758. The van der Waals surface area contributed by atoms with Crippen molar-refractivity contribution in [2.45, 2.75) is 0 Å². The first-order valence-corrected chi connectivity index (χ1v) is 10.1. The van der Waals surface area contributed by atoms with Crippen LogP contribution in [0.1, 0.15) is 10.4 Å². The number of non-ortho nitro benzene ring substituents is 1. The smallest absolute Gasteiger partial charge is 0.342 e. The maximum Gasteiger partial charge on any atom is 0.342 e. The number of anilines is 1. The Morgan fingerprint density at radius 1 is 0.969 bits per heavy atom. The van der Waals surface area contributed by atoms with Crippen LogP contribution in [0.4, 0.5) is 11.4 Å². The molecule has 0 saturated carbocycles. The van der Waals surface area contributed by atoms with E-state index in [2.05, 4.69) is 0 Å². The highest BCUT2D eigenvalue weighted by atomic mass is 16.6. The molecule has 0 spiro atoms. The Morgan fingerprint density at radius 3 is 2.34 bits per heavy atom. The number of fused-ring (bicyclic) bond motifs is 1. The van der Waals surface area contributed by atoms with Gasteiger partial charge in [0.15, 0.2) is 6.61 Å². The van der Waals surface area contributed by atoms with Gasteiger partial charge in [-0.1, -0.05) is 30.3 Å². The second-order valence-electron chi connectivity index (χ2n) is 7.40. The summed E-state index contributed by atoms with van der Waals surface area (Å²) >= 11 is 0. The van der Waals surface area contributed by atoms with Crippen LogP contribution in [0.25, 0.3) is 10.8 Å². The number of nitro benzene ring substituents is 1. The molecule has 0 bridgehead atoms. The molecule has 1 fully saturated rings. The van der Waals surface area contributed by atoms with E-state index >= 15 is 0 Å². The summed E-state index contributed by atoms with van der Waals surface area (Å²) in [6.45, 7) is 1.58.